The van der Waals surface area contributed by atoms with E-state index in [1.54, 1.807) is 0 Å². The lowest BCUT2D eigenvalue weighted by Gasteiger charge is -2.10. The molecular formula is C11H11NO6. The molecule has 0 saturated carbocycles. The number of methoxy groups -OCH3 is 1. The number of benzene rings is 1. The maximum Gasteiger partial charge on any atom is 0.342 e. The highest BCUT2D eigenvalue weighted by atomic mass is 16.6. The van der Waals surface area contributed by atoms with E-state index in [0.717, 1.165) is 12.1 Å². The number of hydrogen-bond donors (Lipinski definition) is 1. The Morgan fingerprint density at radius 2 is 2.22 bits per heavy atom. The predicted molar refractivity (Wildman–Crippen MR) is 62.3 cm³/mol. The van der Waals surface area contributed by atoms with Crippen molar-refractivity contribution in [2.24, 2.45) is 0 Å². The van der Waals surface area contributed by atoms with E-state index in [-0.39, 0.29) is 18.1 Å². The minimum absolute atomic E-state index is 0.0918. The highest BCUT2D eigenvalue weighted by molar-refractivity contribution is 5.93. The third-order valence-corrected chi connectivity index (χ3v) is 2.07. The molecule has 7 nitrogen and oxygen atoms in total. The molecule has 0 heterocycles. The third kappa shape index (κ3) is 2.76. The summed E-state index contributed by atoms with van der Waals surface area (Å²) in [7, 11) is 1.31. The first-order chi connectivity index (χ1) is 8.51. The molecule has 0 saturated heterocycles. The quantitative estimate of drug-likeness (QED) is 0.472. The lowest BCUT2D eigenvalue weighted by Crippen LogP contribution is -2.05. The van der Waals surface area contributed by atoms with Crippen LogP contribution in [-0.4, -0.2) is 29.7 Å². The van der Waals surface area contributed by atoms with E-state index in [1.807, 2.05) is 0 Å². The number of aromatic carboxylic acids is 1. The molecule has 0 spiro atoms. The van der Waals surface area contributed by atoms with Crippen LogP contribution in [0.5, 0.6) is 11.5 Å². The number of nitro groups is 1. The zero-order valence-corrected chi connectivity index (χ0v) is 9.58. The van der Waals surface area contributed by atoms with E-state index in [9.17, 15) is 14.9 Å². The maximum absolute atomic E-state index is 10.9. The van der Waals surface area contributed by atoms with Crippen LogP contribution in [0.25, 0.3) is 0 Å². The van der Waals surface area contributed by atoms with Crippen LogP contribution in [0.4, 0.5) is 5.69 Å². The predicted octanol–water partition coefficient (Wildman–Crippen LogP) is 1.87. The normalized spacial score (nSPS) is 9.61. The summed E-state index contributed by atoms with van der Waals surface area (Å²) in [4.78, 5) is 20.9. The molecule has 0 aliphatic carbocycles. The Labute approximate surface area is 102 Å². The highest BCUT2D eigenvalue weighted by Crippen LogP contribution is 2.34. The van der Waals surface area contributed by atoms with E-state index < -0.39 is 22.1 Å². The van der Waals surface area contributed by atoms with E-state index in [1.165, 1.54) is 13.2 Å². The molecule has 1 N–H and O–H groups in total. The van der Waals surface area contributed by atoms with Gasteiger partial charge in [0.25, 0.3) is 5.69 Å². The lowest BCUT2D eigenvalue weighted by atomic mass is 10.1. The van der Waals surface area contributed by atoms with Crippen LogP contribution >= 0.6 is 0 Å². The first kappa shape index (κ1) is 13.5. The van der Waals surface area contributed by atoms with Crippen molar-refractivity contribution in [1.82, 2.24) is 0 Å². The molecule has 0 aliphatic rings. The van der Waals surface area contributed by atoms with Crippen LogP contribution in [0.1, 0.15) is 10.4 Å². The van der Waals surface area contributed by atoms with Crippen molar-refractivity contribution in [3.8, 4) is 11.5 Å². The Balaban J connectivity index is 3.36. The Morgan fingerprint density at radius 1 is 1.56 bits per heavy atom. The van der Waals surface area contributed by atoms with Crippen LogP contribution in [0.3, 0.4) is 0 Å². The Kier molecular flexibility index (Phi) is 4.25. The van der Waals surface area contributed by atoms with Crippen LogP contribution in [-0.2, 0) is 0 Å². The van der Waals surface area contributed by atoms with Gasteiger partial charge in [-0.25, -0.2) is 4.79 Å². The average Bonchev–Trinajstić information content (AvgIpc) is 2.34. The zero-order valence-electron chi connectivity index (χ0n) is 9.58. The largest absolute Gasteiger partial charge is 0.493 e. The number of nitro benzene ring substituents is 1. The summed E-state index contributed by atoms with van der Waals surface area (Å²) < 4.78 is 10.1. The molecule has 0 aromatic heterocycles. The molecule has 0 aliphatic heterocycles. The molecule has 0 radical (unpaired) electrons. The van der Waals surface area contributed by atoms with Gasteiger partial charge in [0.1, 0.15) is 12.2 Å². The second kappa shape index (κ2) is 5.67. The van der Waals surface area contributed by atoms with Gasteiger partial charge >= 0.3 is 5.97 Å². The fourth-order valence-electron chi connectivity index (χ4n) is 1.29. The first-order valence-corrected chi connectivity index (χ1v) is 4.84. The number of carboxylic acids is 1. The molecular weight excluding hydrogens is 242 g/mol. The number of rotatable bonds is 6. The molecule has 96 valence electrons. The number of hydrogen-bond acceptors (Lipinski definition) is 5. The summed E-state index contributed by atoms with van der Waals surface area (Å²) in [6.45, 7) is 3.57. The van der Waals surface area contributed by atoms with Gasteiger partial charge in [-0.15, -0.1) is 0 Å². The maximum atomic E-state index is 10.9. The molecule has 1 aromatic carbocycles. The molecule has 18 heavy (non-hydrogen) atoms. The molecule has 0 bridgehead atoms. The third-order valence-electron chi connectivity index (χ3n) is 2.07. The van der Waals surface area contributed by atoms with Crippen molar-refractivity contribution >= 4 is 11.7 Å². The van der Waals surface area contributed by atoms with E-state index in [2.05, 4.69) is 6.58 Å². The molecule has 0 amide bonds. The van der Waals surface area contributed by atoms with Gasteiger partial charge in [0.2, 0.25) is 0 Å². The van der Waals surface area contributed by atoms with Gasteiger partial charge < -0.3 is 14.6 Å². The van der Waals surface area contributed by atoms with Gasteiger partial charge in [0.05, 0.1) is 18.1 Å². The fraction of sp³-hybridized carbons (Fsp3) is 0.182. The second-order valence-electron chi connectivity index (χ2n) is 3.18. The summed E-state index contributed by atoms with van der Waals surface area (Å²) in [6, 6.07) is 2.07. The molecule has 0 unspecified atom stereocenters. The van der Waals surface area contributed by atoms with Crippen molar-refractivity contribution < 1.29 is 24.3 Å². The van der Waals surface area contributed by atoms with Crippen molar-refractivity contribution in [1.29, 1.82) is 0 Å². The SMILES string of the molecule is C=CCOc1cc([N+](=O)[O-])c(C(=O)O)cc1OC. The van der Waals surface area contributed by atoms with Gasteiger partial charge in [-0.05, 0) is 0 Å². The average molecular weight is 253 g/mol. The molecule has 0 fully saturated rings. The van der Waals surface area contributed by atoms with E-state index >= 15 is 0 Å². The minimum Gasteiger partial charge on any atom is -0.493 e. The van der Waals surface area contributed by atoms with Crippen LogP contribution in [0, 0.1) is 10.1 Å². The van der Waals surface area contributed by atoms with Gasteiger partial charge in [-0.3, -0.25) is 10.1 Å². The van der Waals surface area contributed by atoms with Crippen LogP contribution in [0.15, 0.2) is 24.8 Å². The Bertz CT molecular complexity index is 497. The highest BCUT2D eigenvalue weighted by Gasteiger charge is 2.24. The number of carbonyl (C=O) groups is 1. The monoisotopic (exact) mass is 253 g/mol. The topological polar surface area (TPSA) is 98.9 Å². The van der Waals surface area contributed by atoms with Crippen molar-refractivity contribution in [3.05, 3.63) is 40.5 Å². The lowest BCUT2D eigenvalue weighted by molar-refractivity contribution is -0.385. The minimum atomic E-state index is -1.41. The molecule has 7 heteroatoms. The van der Waals surface area contributed by atoms with Crippen molar-refractivity contribution in [2.75, 3.05) is 13.7 Å². The van der Waals surface area contributed by atoms with E-state index in [0.29, 0.717) is 0 Å². The standard InChI is InChI=1S/C11H11NO6/c1-3-4-18-10-6-8(12(15)16)7(11(13)14)5-9(10)17-2/h3,5-6H,1,4H2,2H3,(H,13,14). The summed E-state index contributed by atoms with van der Waals surface area (Å²) >= 11 is 0. The molecule has 0 atom stereocenters. The van der Waals surface area contributed by atoms with E-state index in [4.69, 9.17) is 14.6 Å². The van der Waals surface area contributed by atoms with Crippen LogP contribution < -0.4 is 9.47 Å². The van der Waals surface area contributed by atoms with Gasteiger partial charge in [0, 0.05) is 6.07 Å². The summed E-state index contributed by atoms with van der Waals surface area (Å²) in [5.74, 6) is -1.20. The smallest absolute Gasteiger partial charge is 0.342 e. The van der Waals surface area contributed by atoms with Crippen LogP contribution in [0.2, 0.25) is 0 Å². The Morgan fingerprint density at radius 3 is 2.67 bits per heavy atom. The Hall–Kier alpha value is -2.57. The fourth-order valence-corrected chi connectivity index (χ4v) is 1.29. The zero-order chi connectivity index (χ0) is 13.7. The number of nitrogens with zero attached hydrogens (tertiary/aromatic N) is 1. The van der Waals surface area contributed by atoms with Gasteiger partial charge in [-0.1, -0.05) is 12.7 Å². The van der Waals surface area contributed by atoms with Gasteiger partial charge in [0.15, 0.2) is 11.5 Å². The number of carboxylic acid groups (broad SMARTS) is 1. The summed E-state index contributed by atoms with van der Waals surface area (Å²) in [5.41, 5.74) is -1.01. The summed E-state index contributed by atoms with van der Waals surface area (Å²) in [6.07, 6.45) is 1.45. The molecule has 1 rings (SSSR count). The van der Waals surface area contributed by atoms with Crippen molar-refractivity contribution in [2.45, 2.75) is 0 Å². The first-order valence-electron chi connectivity index (χ1n) is 4.84. The molecule has 1 aromatic rings. The second-order valence-corrected chi connectivity index (χ2v) is 3.18. The van der Waals surface area contributed by atoms with Crippen molar-refractivity contribution in [3.63, 3.8) is 0 Å². The summed E-state index contributed by atoms with van der Waals surface area (Å²) in [5, 5.41) is 19.7. The number of ether oxygens (including phenoxy) is 2. The van der Waals surface area contributed by atoms with Gasteiger partial charge in [-0.2, -0.15) is 0 Å².